The fraction of sp³-hybridized carbons (Fsp3) is 0. The Balaban J connectivity index is 1.90. The van der Waals surface area contributed by atoms with Crippen LogP contribution >= 0.6 is 11.3 Å². The summed E-state index contributed by atoms with van der Waals surface area (Å²) in [6.45, 7) is 0. The number of carbonyl (C=O) groups is 1. The fourth-order valence-electron chi connectivity index (χ4n) is 2.55. The van der Waals surface area contributed by atoms with Crippen molar-refractivity contribution in [2.75, 3.05) is 0 Å². The summed E-state index contributed by atoms with van der Waals surface area (Å²) in [4.78, 5) is 17.7. The number of carbonyl (C=O) groups excluding carboxylic acids is 1. The van der Waals surface area contributed by atoms with E-state index in [0.29, 0.717) is 0 Å². The van der Waals surface area contributed by atoms with Gasteiger partial charge in [-0.2, -0.15) is 0 Å². The molecule has 3 heteroatoms. The van der Waals surface area contributed by atoms with Crippen LogP contribution in [0.4, 0.5) is 0 Å². The first-order valence-electron chi connectivity index (χ1n) is 6.69. The van der Waals surface area contributed by atoms with Gasteiger partial charge in [0.25, 0.3) is 0 Å². The van der Waals surface area contributed by atoms with Crippen molar-refractivity contribution < 1.29 is 4.79 Å². The summed E-state index contributed by atoms with van der Waals surface area (Å²) >= 11 is 1.54. The molecule has 0 aliphatic carbocycles. The van der Waals surface area contributed by atoms with Gasteiger partial charge in [0.15, 0.2) is 0 Å². The second kappa shape index (κ2) is 4.79. The maximum absolute atomic E-state index is 12.8. The number of hydrogen-bond donors (Lipinski definition) is 0. The average molecular weight is 289 g/mol. The number of fused-ring (bicyclic) bond motifs is 2. The number of pyridine rings is 1. The average Bonchev–Trinajstić information content (AvgIpc) is 2.97. The molecule has 2 nitrogen and oxygen atoms in total. The van der Waals surface area contributed by atoms with Crippen LogP contribution in [0.3, 0.4) is 0 Å². The van der Waals surface area contributed by atoms with Gasteiger partial charge in [0.1, 0.15) is 0 Å². The topological polar surface area (TPSA) is 30.0 Å². The summed E-state index contributed by atoms with van der Waals surface area (Å²) in [5.74, 6) is 0.0769. The second-order valence-electron chi connectivity index (χ2n) is 4.88. The molecule has 2 aromatic heterocycles. The van der Waals surface area contributed by atoms with Crippen LogP contribution in [0.15, 0.2) is 67.0 Å². The van der Waals surface area contributed by atoms with Gasteiger partial charge in [-0.05, 0) is 29.0 Å². The normalized spacial score (nSPS) is 11.0. The van der Waals surface area contributed by atoms with Crippen LogP contribution in [0, 0.1) is 0 Å². The zero-order valence-corrected chi connectivity index (χ0v) is 11.9. The highest BCUT2D eigenvalue weighted by Gasteiger charge is 2.15. The molecule has 0 unspecified atom stereocenters. The van der Waals surface area contributed by atoms with E-state index < -0.39 is 0 Å². The van der Waals surface area contributed by atoms with E-state index in [9.17, 15) is 4.79 Å². The first kappa shape index (κ1) is 12.2. The molecule has 100 valence electrons. The number of nitrogens with zero attached hydrogens (tertiary/aromatic N) is 1. The monoisotopic (exact) mass is 289 g/mol. The highest BCUT2D eigenvalue weighted by Crippen LogP contribution is 2.29. The minimum atomic E-state index is 0.0769. The third-order valence-electron chi connectivity index (χ3n) is 3.57. The predicted molar refractivity (Wildman–Crippen MR) is 87.0 cm³/mol. The van der Waals surface area contributed by atoms with Crippen molar-refractivity contribution in [2.45, 2.75) is 0 Å². The van der Waals surface area contributed by atoms with Gasteiger partial charge in [0, 0.05) is 28.0 Å². The van der Waals surface area contributed by atoms with Crippen molar-refractivity contribution in [3.8, 4) is 0 Å². The smallest absolute Gasteiger partial charge is 0.203 e. The molecule has 4 aromatic rings. The number of benzene rings is 2. The molecule has 4 rings (SSSR count). The molecule has 0 spiro atoms. The van der Waals surface area contributed by atoms with Crippen LogP contribution in [0.25, 0.3) is 20.9 Å². The van der Waals surface area contributed by atoms with Crippen molar-refractivity contribution in [2.24, 2.45) is 0 Å². The summed E-state index contributed by atoms with van der Waals surface area (Å²) in [5, 5.41) is 3.06. The molecule has 0 aliphatic rings. The van der Waals surface area contributed by atoms with Crippen LogP contribution in [0.5, 0.6) is 0 Å². The Morgan fingerprint density at radius 2 is 1.81 bits per heavy atom. The molecule has 0 bridgehead atoms. The Kier molecular flexibility index (Phi) is 2.79. The predicted octanol–water partition coefficient (Wildman–Crippen LogP) is 4.68. The number of rotatable bonds is 2. The lowest BCUT2D eigenvalue weighted by molar-refractivity contribution is 0.104. The van der Waals surface area contributed by atoms with Crippen molar-refractivity contribution in [1.29, 1.82) is 0 Å². The Morgan fingerprint density at radius 3 is 2.71 bits per heavy atom. The van der Waals surface area contributed by atoms with Gasteiger partial charge in [-0.15, -0.1) is 11.3 Å². The summed E-state index contributed by atoms with van der Waals surface area (Å²) < 4.78 is 1.14. The van der Waals surface area contributed by atoms with Gasteiger partial charge in [0.05, 0.1) is 4.88 Å². The van der Waals surface area contributed by atoms with Crippen LogP contribution in [-0.2, 0) is 0 Å². The molecule has 0 N–H and O–H groups in total. The molecular formula is C18H11NOS. The quantitative estimate of drug-likeness (QED) is 0.501. The Bertz CT molecular complexity index is 933. The standard InChI is InChI=1S/C18H11NOS/c20-18(17-10-12-4-1-2-7-16(12)21-17)15-6-3-5-13-11-19-9-8-14(13)15/h1-11H. The fourth-order valence-corrected chi connectivity index (χ4v) is 3.56. The summed E-state index contributed by atoms with van der Waals surface area (Å²) in [5.41, 5.74) is 0.737. The molecule has 0 aliphatic heterocycles. The van der Waals surface area contributed by atoms with E-state index in [1.54, 1.807) is 23.7 Å². The highest BCUT2D eigenvalue weighted by molar-refractivity contribution is 7.21. The van der Waals surface area contributed by atoms with E-state index >= 15 is 0 Å². The summed E-state index contributed by atoms with van der Waals surface area (Å²) in [6.07, 6.45) is 3.51. The molecule has 0 saturated carbocycles. The van der Waals surface area contributed by atoms with E-state index in [2.05, 4.69) is 4.98 Å². The van der Waals surface area contributed by atoms with Gasteiger partial charge in [-0.25, -0.2) is 0 Å². The Hall–Kier alpha value is -2.52. The number of aromatic nitrogens is 1. The molecule has 0 saturated heterocycles. The van der Waals surface area contributed by atoms with Gasteiger partial charge < -0.3 is 0 Å². The molecule has 0 atom stereocenters. The van der Waals surface area contributed by atoms with Crippen LogP contribution in [0.1, 0.15) is 15.2 Å². The van der Waals surface area contributed by atoms with Gasteiger partial charge in [0.2, 0.25) is 5.78 Å². The maximum Gasteiger partial charge on any atom is 0.203 e. The van der Waals surface area contributed by atoms with E-state index in [0.717, 1.165) is 31.3 Å². The lowest BCUT2D eigenvalue weighted by atomic mass is 10.0. The molecule has 0 fully saturated rings. The van der Waals surface area contributed by atoms with Crippen LogP contribution in [-0.4, -0.2) is 10.8 Å². The van der Waals surface area contributed by atoms with Crippen molar-refractivity contribution >= 4 is 38.0 Å². The number of thiophene rings is 1. The third kappa shape index (κ3) is 2.03. The number of ketones is 1. The van der Waals surface area contributed by atoms with E-state index in [4.69, 9.17) is 0 Å². The maximum atomic E-state index is 12.8. The van der Waals surface area contributed by atoms with Gasteiger partial charge in [-0.3, -0.25) is 9.78 Å². The van der Waals surface area contributed by atoms with Crippen molar-refractivity contribution in [3.05, 3.63) is 77.4 Å². The minimum Gasteiger partial charge on any atom is -0.288 e. The Labute approximate surface area is 125 Å². The lowest BCUT2D eigenvalue weighted by Gasteiger charge is -2.03. The zero-order valence-electron chi connectivity index (χ0n) is 11.1. The molecule has 2 aromatic carbocycles. The van der Waals surface area contributed by atoms with Gasteiger partial charge >= 0.3 is 0 Å². The van der Waals surface area contributed by atoms with E-state index in [1.165, 1.54) is 0 Å². The van der Waals surface area contributed by atoms with E-state index in [1.807, 2.05) is 54.6 Å². The molecule has 0 radical (unpaired) electrons. The SMILES string of the molecule is O=C(c1cc2ccccc2s1)c1cccc2cnccc12. The second-order valence-corrected chi connectivity index (χ2v) is 5.96. The molecule has 2 heterocycles. The third-order valence-corrected chi connectivity index (χ3v) is 4.69. The summed E-state index contributed by atoms with van der Waals surface area (Å²) in [7, 11) is 0. The van der Waals surface area contributed by atoms with Crippen molar-refractivity contribution in [3.63, 3.8) is 0 Å². The first-order chi connectivity index (χ1) is 10.3. The number of hydrogen-bond acceptors (Lipinski definition) is 3. The minimum absolute atomic E-state index is 0.0769. The summed E-state index contributed by atoms with van der Waals surface area (Å²) in [6, 6.07) is 17.7. The van der Waals surface area contributed by atoms with Gasteiger partial charge in [-0.1, -0.05) is 36.4 Å². The zero-order chi connectivity index (χ0) is 14.2. The molecule has 0 amide bonds. The van der Waals surface area contributed by atoms with E-state index in [-0.39, 0.29) is 5.78 Å². The largest absolute Gasteiger partial charge is 0.288 e. The van der Waals surface area contributed by atoms with Crippen LogP contribution in [0.2, 0.25) is 0 Å². The van der Waals surface area contributed by atoms with Crippen molar-refractivity contribution in [1.82, 2.24) is 4.98 Å². The highest BCUT2D eigenvalue weighted by atomic mass is 32.1. The lowest BCUT2D eigenvalue weighted by Crippen LogP contribution is -1.99. The molecular weight excluding hydrogens is 278 g/mol. The van der Waals surface area contributed by atoms with Crippen LogP contribution < -0.4 is 0 Å². The Morgan fingerprint density at radius 1 is 0.952 bits per heavy atom. The first-order valence-corrected chi connectivity index (χ1v) is 7.50. The molecule has 21 heavy (non-hydrogen) atoms.